The highest BCUT2D eigenvalue weighted by atomic mass is 15.2. The van der Waals surface area contributed by atoms with E-state index in [1.165, 1.54) is 64.7 Å². The maximum absolute atomic E-state index is 3.70. The summed E-state index contributed by atoms with van der Waals surface area (Å²) in [7, 11) is 0. The van der Waals surface area contributed by atoms with Gasteiger partial charge in [-0.15, -0.1) is 0 Å². The number of nitrogens with one attached hydrogen (secondary N) is 1. The summed E-state index contributed by atoms with van der Waals surface area (Å²) in [6.45, 7) is 9.82. The first-order valence-corrected chi connectivity index (χ1v) is 7.71. The molecule has 0 radical (unpaired) electrons. The van der Waals surface area contributed by atoms with Crippen LogP contribution in [0.15, 0.2) is 0 Å². The average Bonchev–Trinajstić information content (AvgIpc) is 2.70. The van der Waals surface area contributed by atoms with Crippen LogP contribution in [-0.2, 0) is 0 Å². The Kier molecular flexibility index (Phi) is 5.30. The van der Waals surface area contributed by atoms with E-state index in [1.54, 1.807) is 0 Å². The van der Waals surface area contributed by atoms with Crippen molar-refractivity contribution in [2.24, 2.45) is 11.8 Å². The molecule has 2 rings (SSSR count). The van der Waals surface area contributed by atoms with Crippen LogP contribution in [0.25, 0.3) is 0 Å². The van der Waals surface area contributed by atoms with Crippen LogP contribution in [0.1, 0.15) is 52.4 Å². The molecule has 1 saturated carbocycles. The summed E-state index contributed by atoms with van der Waals surface area (Å²) >= 11 is 0. The molecule has 2 nitrogen and oxygen atoms in total. The topological polar surface area (TPSA) is 15.3 Å². The first kappa shape index (κ1) is 13.4. The van der Waals surface area contributed by atoms with E-state index >= 15 is 0 Å². The molecule has 0 amide bonds. The second-order valence-electron chi connectivity index (χ2n) is 6.40. The summed E-state index contributed by atoms with van der Waals surface area (Å²) in [5, 5.41) is 3.70. The summed E-state index contributed by atoms with van der Waals surface area (Å²) in [5.41, 5.74) is 0. The average molecular weight is 238 g/mol. The largest absolute Gasteiger partial charge is 0.312 e. The number of nitrogens with zero attached hydrogens (tertiary/aromatic N) is 1. The maximum Gasteiger partial charge on any atom is 0.0217 e. The first-order valence-electron chi connectivity index (χ1n) is 7.71. The van der Waals surface area contributed by atoms with E-state index in [2.05, 4.69) is 24.1 Å². The molecule has 1 saturated heterocycles. The van der Waals surface area contributed by atoms with Gasteiger partial charge in [-0.3, -0.25) is 0 Å². The Morgan fingerprint density at radius 1 is 1.18 bits per heavy atom. The molecule has 2 aliphatic rings. The fourth-order valence-electron chi connectivity index (χ4n) is 3.34. The van der Waals surface area contributed by atoms with Gasteiger partial charge >= 0.3 is 0 Å². The fraction of sp³-hybridized carbons (Fsp3) is 1.00. The van der Waals surface area contributed by atoms with Gasteiger partial charge in [-0.25, -0.2) is 0 Å². The lowest BCUT2D eigenvalue weighted by molar-refractivity contribution is 0.229. The van der Waals surface area contributed by atoms with Crippen molar-refractivity contribution in [3.63, 3.8) is 0 Å². The lowest BCUT2D eigenvalue weighted by Crippen LogP contribution is -2.41. The van der Waals surface area contributed by atoms with Gasteiger partial charge in [0, 0.05) is 12.6 Å². The molecule has 0 aromatic carbocycles. The van der Waals surface area contributed by atoms with Gasteiger partial charge in [0.25, 0.3) is 0 Å². The van der Waals surface area contributed by atoms with E-state index in [0.717, 1.165) is 11.8 Å². The molecule has 0 aromatic rings. The van der Waals surface area contributed by atoms with Crippen molar-refractivity contribution in [1.29, 1.82) is 0 Å². The molecule has 1 unspecified atom stereocenters. The number of hydrogen-bond acceptors (Lipinski definition) is 2. The third-order valence-corrected chi connectivity index (χ3v) is 4.65. The van der Waals surface area contributed by atoms with Crippen LogP contribution >= 0.6 is 0 Å². The van der Waals surface area contributed by atoms with Gasteiger partial charge in [0.05, 0.1) is 0 Å². The summed E-state index contributed by atoms with van der Waals surface area (Å²) in [4.78, 5) is 2.71. The summed E-state index contributed by atoms with van der Waals surface area (Å²) in [6.07, 6.45) is 8.75. The highest BCUT2D eigenvalue weighted by molar-refractivity contribution is 4.79. The molecule has 0 spiro atoms. The monoisotopic (exact) mass is 238 g/mol. The van der Waals surface area contributed by atoms with Crippen LogP contribution in [0, 0.1) is 11.8 Å². The standard InChI is InChI=1S/C15H30N2/c1-13(2)15-12-17(10-5-9-16-15)11-8-14-6-3-4-7-14/h13-16H,3-12H2,1-2H3. The van der Waals surface area contributed by atoms with Crippen LogP contribution in [0.3, 0.4) is 0 Å². The summed E-state index contributed by atoms with van der Waals surface area (Å²) in [5.74, 6) is 1.81. The molecule has 2 fully saturated rings. The molecule has 1 heterocycles. The van der Waals surface area contributed by atoms with Crippen molar-refractivity contribution in [1.82, 2.24) is 10.2 Å². The minimum Gasteiger partial charge on any atom is -0.312 e. The van der Waals surface area contributed by atoms with Crippen molar-refractivity contribution in [2.45, 2.75) is 58.4 Å². The van der Waals surface area contributed by atoms with E-state index in [4.69, 9.17) is 0 Å². The van der Waals surface area contributed by atoms with E-state index in [9.17, 15) is 0 Å². The molecular weight excluding hydrogens is 208 g/mol. The van der Waals surface area contributed by atoms with Gasteiger partial charge in [0.2, 0.25) is 0 Å². The molecule has 1 atom stereocenters. The molecule has 0 bridgehead atoms. The smallest absolute Gasteiger partial charge is 0.0217 e. The highest BCUT2D eigenvalue weighted by Gasteiger charge is 2.21. The van der Waals surface area contributed by atoms with Gasteiger partial charge < -0.3 is 10.2 Å². The van der Waals surface area contributed by atoms with Crippen LogP contribution in [0.5, 0.6) is 0 Å². The number of hydrogen-bond donors (Lipinski definition) is 1. The van der Waals surface area contributed by atoms with Crippen molar-refractivity contribution in [2.75, 3.05) is 26.2 Å². The predicted molar refractivity (Wildman–Crippen MR) is 74.3 cm³/mol. The van der Waals surface area contributed by atoms with Gasteiger partial charge in [-0.2, -0.15) is 0 Å². The lowest BCUT2D eigenvalue weighted by Gasteiger charge is -2.27. The zero-order chi connectivity index (χ0) is 12.1. The normalized spacial score (nSPS) is 28.8. The zero-order valence-electron chi connectivity index (χ0n) is 11.8. The highest BCUT2D eigenvalue weighted by Crippen LogP contribution is 2.27. The van der Waals surface area contributed by atoms with Crippen LogP contribution in [0.2, 0.25) is 0 Å². The van der Waals surface area contributed by atoms with Crippen molar-refractivity contribution >= 4 is 0 Å². The molecule has 1 N–H and O–H groups in total. The Hall–Kier alpha value is -0.0800. The fourth-order valence-corrected chi connectivity index (χ4v) is 3.34. The molecule has 17 heavy (non-hydrogen) atoms. The van der Waals surface area contributed by atoms with Crippen LogP contribution in [-0.4, -0.2) is 37.1 Å². The Morgan fingerprint density at radius 3 is 2.65 bits per heavy atom. The molecule has 0 aromatic heterocycles. The van der Waals surface area contributed by atoms with Gasteiger partial charge in [-0.05, 0) is 44.3 Å². The minimum atomic E-state index is 0.709. The molecular formula is C15H30N2. The van der Waals surface area contributed by atoms with Gasteiger partial charge in [0.15, 0.2) is 0 Å². The summed E-state index contributed by atoms with van der Waals surface area (Å²) in [6, 6.07) is 0.709. The van der Waals surface area contributed by atoms with Crippen LogP contribution in [0.4, 0.5) is 0 Å². The van der Waals surface area contributed by atoms with Crippen LogP contribution < -0.4 is 5.32 Å². The third-order valence-electron chi connectivity index (χ3n) is 4.65. The van der Waals surface area contributed by atoms with E-state index in [0.29, 0.717) is 6.04 Å². The quantitative estimate of drug-likeness (QED) is 0.810. The van der Waals surface area contributed by atoms with Gasteiger partial charge in [0.1, 0.15) is 0 Å². The molecule has 100 valence electrons. The van der Waals surface area contributed by atoms with E-state index in [-0.39, 0.29) is 0 Å². The second kappa shape index (κ2) is 6.75. The SMILES string of the molecule is CC(C)C1CN(CCC2CCCC2)CCCN1. The summed E-state index contributed by atoms with van der Waals surface area (Å²) < 4.78 is 0. The Bertz CT molecular complexity index is 209. The molecule has 1 aliphatic carbocycles. The number of rotatable bonds is 4. The Balaban J connectivity index is 1.73. The van der Waals surface area contributed by atoms with Crippen molar-refractivity contribution in [3.05, 3.63) is 0 Å². The third kappa shape index (κ3) is 4.26. The van der Waals surface area contributed by atoms with E-state index < -0.39 is 0 Å². The maximum atomic E-state index is 3.70. The van der Waals surface area contributed by atoms with Crippen molar-refractivity contribution < 1.29 is 0 Å². The van der Waals surface area contributed by atoms with Crippen molar-refractivity contribution in [3.8, 4) is 0 Å². The molecule has 2 heteroatoms. The Morgan fingerprint density at radius 2 is 1.94 bits per heavy atom. The second-order valence-corrected chi connectivity index (χ2v) is 6.40. The lowest BCUT2D eigenvalue weighted by atomic mass is 10.0. The van der Waals surface area contributed by atoms with Gasteiger partial charge in [-0.1, -0.05) is 39.5 Å². The Labute approximate surface area is 107 Å². The zero-order valence-corrected chi connectivity index (χ0v) is 11.8. The predicted octanol–water partition coefficient (Wildman–Crippen LogP) is 2.89. The first-order chi connectivity index (χ1) is 8.25. The molecule has 1 aliphatic heterocycles. The van der Waals surface area contributed by atoms with E-state index in [1.807, 2.05) is 0 Å². The minimum absolute atomic E-state index is 0.709.